The Labute approximate surface area is 163 Å². The summed E-state index contributed by atoms with van der Waals surface area (Å²) in [5, 5.41) is 2.99. The average molecular weight is 386 g/mol. The first-order valence-electron chi connectivity index (χ1n) is 9.66. The molecule has 1 atom stereocenters. The van der Waals surface area contributed by atoms with Gasteiger partial charge in [-0.15, -0.1) is 0 Å². The molecule has 2 heterocycles. The van der Waals surface area contributed by atoms with Gasteiger partial charge in [-0.25, -0.2) is 4.39 Å². The highest BCUT2D eigenvalue weighted by Crippen LogP contribution is 2.32. The third kappa shape index (κ3) is 4.04. The van der Waals surface area contributed by atoms with Gasteiger partial charge in [0.1, 0.15) is 19.0 Å². The van der Waals surface area contributed by atoms with E-state index in [1.807, 2.05) is 19.1 Å². The molecule has 148 valence electrons. The Bertz CT molecular complexity index is 835. The number of amides is 1. The van der Waals surface area contributed by atoms with Crippen molar-refractivity contribution in [3.63, 3.8) is 0 Å². The van der Waals surface area contributed by atoms with E-state index >= 15 is 0 Å². The Hall–Kier alpha value is -2.80. The molecule has 1 saturated heterocycles. The minimum absolute atomic E-state index is 0.0121. The molecule has 2 aromatic carbocycles. The highest BCUT2D eigenvalue weighted by Gasteiger charge is 2.29. The van der Waals surface area contributed by atoms with Crippen LogP contribution in [-0.4, -0.2) is 51.3 Å². The summed E-state index contributed by atoms with van der Waals surface area (Å²) in [7, 11) is 0. The largest absolute Gasteiger partial charge is 0.486 e. The van der Waals surface area contributed by atoms with E-state index in [1.165, 1.54) is 17.0 Å². The maximum atomic E-state index is 13.1. The minimum atomic E-state index is -0.225. The van der Waals surface area contributed by atoms with Gasteiger partial charge in [0.25, 0.3) is 5.91 Å². The fourth-order valence-electron chi connectivity index (χ4n) is 3.69. The smallest absolute Gasteiger partial charge is 0.282 e. The van der Waals surface area contributed by atoms with Crippen LogP contribution in [0.3, 0.4) is 0 Å². The lowest BCUT2D eigenvalue weighted by molar-refractivity contribution is -0.914. The number of hydrogen-bond donors (Lipinski definition) is 2. The second-order valence-electron chi connectivity index (χ2n) is 7.19. The first-order chi connectivity index (χ1) is 13.6. The van der Waals surface area contributed by atoms with E-state index in [9.17, 15) is 9.18 Å². The van der Waals surface area contributed by atoms with E-state index < -0.39 is 0 Å². The highest BCUT2D eigenvalue weighted by molar-refractivity contribution is 5.94. The van der Waals surface area contributed by atoms with Crippen LogP contribution < -0.4 is 24.6 Å². The second kappa shape index (κ2) is 8.06. The predicted molar refractivity (Wildman–Crippen MR) is 105 cm³/mol. The van der Waals surface area contributed by atoms with Gasteiger partial charge in [-0.3, -0.25) is 4.79 Å². The summed E-state index contributed by atoms with van der Waals surface area (Å²) >= 11 is 0. The summed E-state index contributed by atoms with van der Waals surface area (Å²) in [5.41, 5.74) is 1.74. The fraction of sp³-hybridized carbons (Fsp3) is 0.381. The van der Waals surface area contributed by atoms with Crippen LogP contribution in [0.4, 0.5) is 15.8 Å². The number of anilines is 2. The molecule has 1 fully saturated rings. The second-order valence-corrected chi connectivity index (χ2v) is 7.19. The molecule has 0 aliphatic carbocycles. The SMILES string of the molecule is C[C@@H](C(=O)Nc1ccc2c(c1)OCCO2)[NH+]1CCN(c2ccc(F)cc2)CC1. The lowest BCUT2D eigenvalue weighted by Crippen LogP contribution is -3.19. The standard InChI is InChI=1S/C21H24FN3O3/c1-15(21(26)23-17-4-7-19-20(14-17)28-13-12-27-19)24-8-10-25(11-9-24)18-5-2-16(22)3-6-18/h2-7,14-15H,8-13H2,1H3,(H,23,26)/p+1/t15-/m0/s1. The highest BCUT2D eigenvalue weighted by atomic mass is 19.1. The number of quaternary nitrogens is 1. The number of hydrogen-bond acceptors (Lipinski definition) is 4. The molecule has 28 heavy (non-hydrogen) atoms. The summed E-state index contributed by atoms with van der Waals surface area (Å²) in [6, 6.07) is 11.9. The van der Waals surface area contributed by atoms with E-state index in [2.05, 4.69) is 10.2 Å². The third-order valence-electron chi connectivity index (χ3n) is 5.41. The van der Waals surface area contributed by atoms with E-state index in [4.69, 9.17) is 9.47 Å². The Kier molecular flexibility index (Phi) is 5.34. The number of piperazine rings is 1. The van der Waals surface area contributed by atoms with Gasteiger partial charge < -0.3 is 24.6 Å². The van der Waals surface area contributed by atoms with Crippen LogP contribution in [0.1, 0.15) is 6.92 Å². The van der Waals surface area contributed by atoms with E-state index in [-0.39, 0.29) is 17.8 Å². The van der Waals surface area contributed by atoms with Crippen LogP contribution in [0.5, 0.6) is 11.5 Å². The minimum Gasteiger partial charge on any atom is -0.486 e. The average Bonchev–Trinajstić information content (AvgIpc) is 2.74. The molecule has 2 aliphatic heterocycles. The Morgan fingerprint density at radius 2 is 1.75 bits per heavy atom. The van der Waals surface area contributed by atoms with Gasteiger partial charge >= 0.3 is 0 Å². The van der Waals surface area contributed by atoms with Crippen LogP contribution in [0.15, 0.2) is 42.5 Å². The lowest BCUT2D eigenvalue weighted by Gasteiger charge is -2.36. The molecular weight excluding hydrogens is 361 g/mol. The summed E-state index contributed by atoms with van der Waals surface area (Å²) < 4.78 is 24.2. The number of benzene rings is 2. The van der Waals surface area contributed by atoms with Crippen molar-refractivity contribution in [2.45, 2.75) is 13.0 Å². The number of carbonyl (C=O) groups excluding carboxylic acids is 1. The summed E-state index contributed by atoms with van der Waals surface area (Å²) in [6.07, 6.45) is 0. The predicted octanol–water partition coefficient (Wildman–Crippen LogP) is 1.33. The van der Waals surface area contributed by atoms with Crippen molar-refractivity contribution < 1.29 is 23.6 Å². The molecule has 0 aromatic heterocycles. The molecule has 0 unspecified atom stereocenters. The number of nitrogens with zero attached hydrogens (tertiary/aromatic N) is 1. The van der Waals surface area contributed by atoms with Gasteiger partial charge in [0, 0.05) is 17.4 Å². The molecule has 2 aliphatic rings. The lowest BCUT2D eigenvalue weighted by atomic mass is 10.2. The van der Waals surface area contributed by atoms with Gasteiger partial charge in [-0.05, 0) is 43.3 Å². The zero-order valence-electron chi connectivity index (χ0n) is 15.9. The maximum absolute atomic E-state index is 13.1. The molecule has 2 N–H and O–H groups in total. The quantitative estimate of drug-likeness (QED) is 0.833. The fourth-order valence-corrected chi connectivity index (χ4v) is 3.69. The van der Waals surface area contributed by atoms with Crippen molar-refractivity contribution >= 4 is 17.3 Å². The van der Waals surface area contributed by atoms with Gasteiger partial charge in [0.2, 0.25) is 0 Å². The van der Waals surface area contributed by atoms with Crippen LogP contribution >= 0.6 is 0 Å². The zero-order chi connectivity index (χ0) is 19.5. The molecular formula is C21H25FN3O3+. The Morgan fingerprint density at radius 1 is 1.07 bits per heavy atom. The van der Waals surface area contributed by atoms with Crippen LogP contribution in [0, 0.1) is 5.82 Å². The Balaban J connectivity index is 1.32. The number of ether oxygens (including phenoxy) is 2. The molecule has 2 aromatic rings. The van der Waals surface area contributed by atoms with Crippen LogP contribution in [-0.2, 0) is 4.79 Å². The monoisotopic (exact) mass is 386 g/mol. The van der Waals surface area contributed by atoms with Crippen LogP contribution in [0.2, 0.25) is 0 Å². The number of rotatable bonds is 4. The molecule has 0 bridgehead atoms. The number of nitrogens with one attached hydrogen (secondary N) is 2. The van der Waals surface area contributed by atoms with E-state index in [0.717, 1.165) is 31.9 Å². The third-order valence-corrected chi connectivity index (χ3v) is 5.41. The maximum Gasteiger partial charge on any atom is 0.282 e. The van der Waals surface area contributed by atoms with Crippen molar-refractivity contribution in [1.29, 1.82) is 0 Å². The zero-order valence-corrected chi connectivity index (χ0v) is 15.9. The van der Waals surface area contributed by atoms with Gasteiger partial charge in [-0.1, -0.05) is 0 Å². The van der Waals surface area contributed by atoms with Gasteiger partial charge in [0.15, 0.2) is 17.5 Å². The van der Waals surface area contributed by atoms with Crippen molar-refractivity contribution in [1.82, 2.24) is 0 Å². The van der Waals surface area contributed by atoms with Crippen molar-refractivity contribution in [3.05, 3.63) is 48.3 Å². The first kappa shape index (κ1) is 18.6. The Morgan fingerprint density at radius 3 is 2.46 bits per heavy atom. The summed E-state index contributed by atoms with van der Waals surface area (Å²) in [6.45, 7) is 6.40. The number of carbonyl (C=O) groups is 1. The van der Waals surface area contributed by atoms with Crippen molar-refractivity contribution in [2.24, 2.45) is 0 Å². The van der Waals surface area contributed by atoms with Gasteiger partial charge in [0.05, 0.1) is 26.2 Å². The van der Waals surface area contributed by atoms with Crippen molar-refractivity contribution in [2.75, 3.05) is 49.6 Å². The van der Waals surface area contributed by atoms with E-state index in [0.29, 0.717) is 30.4 Å². The normalized spacial score (nSPS) is 17.9. The molecule has 0 saturated carbocycles. The van der Waals surface area contributed by atoms with Gasteiger partial charge in [-0.2, -0.15) is 0 Å². The summed E-state index contributed by atoms with van der Waals surface area (Å²) in [5.74, 6) is 1.14. The van der Waals surface area contributed by atoms with E-state index in [1.54, 1.807) is 18.2 Å². The molecule has 7 heteroatoms. The molecule has 6 nitrogen and oxygen atoms in total. The van der Waals surface area contributed by atoms with Crippen LogP contribution in [0.25, 0.3) is 0 Å². The molecule has 0 spiro atoms. The topological polar surface area (TPSA) is 55.2 Å². The number of halogens is 1. The van der Waals surface area contributed by atoms with Crippen molar-refractivity contribution in [3.8, 4) is 11.5 Å². The summed E-state index contributed by atoms with van der Waals surface area (Å²) in [4.78, 5) is 16.2. The molecule has 1 amide bonds. The molecule has 4 rings (SSSR count). The molecule has 0 radical (unpaired) electrons. The number of fused-ring (bicyclic) bond motifs is 1. The first-order valence-corrected chi connectivity index (χ1v) is 9.66.